The highest BCUT2D eigenvalue weighted by Gasteiger charge is 2.23. The molecule has 25 heavy (non-hydrogen) atoms. The molecular formula is C17H17ClN4OS2. The molecule has 3 rings (SSSR count). The lowest BCUT2D eigenvalue weighted by Crippen LogP contribution is -2.33. The maximum atomic E-state index is 12.8. The molecule has 0 aliphatic carbocycles. The summed E-state index contributed by atoms with van der Waals surface area (Å²) in [7, 11) is 0. The maximum absolute atomic E-state index is 12.8. The lowest BCUT2D eigenvalue weighted by atomic mass is 10.1. The fraction of sp³-hybridized carbons (Fsp3) is 0.235. The molecule has 0 bridgehead atoms. The first-order valence-electron chi connectivity index (χ1n) is 7.74. The minimum Gasteiger partial charge on any atom is -0.348 e. The molecule has 5 nitrogen and oxygen atoms in total. The Kier molecular flexibility index (Phi) is 5.36. The van der Waals surface area contributed by atoms with E-state index in [1.165, 1.54) is 0 Å². The van der Waals surface area contributed by atoms with E-state index in [-0.39, 0.29) is 11.9 Å². The van der Waals surface area contributed by atoms with Gasteiger partial charge in [0.05, 0.1) is 10.9 Å². The Morgan fingerprint density at radius 2 is 2.08 bits per heavy atom. The first-order chi connectivity index (χ1) is 12.0. The third kappa shape index (κ3) is 3.68. The van der Waals surface area contributed by atoms with E-state index in [4.69, 9.17) is 23.8 Å². The quantitative estimate of drug-likeness (QED) is 0.615. The Labute approximate surface area is 159 Å². The molecule has 0 aliphatic heterocycles. The molecular weight excluding hydrogens is 376 g/mol. The van der Waals surface area contributed by atoms with Crippen molar-refractivity contribution in [3.05, 3.63) is 57.1 Å². The summed E-state index contributed by atoms with van der Waals surface area (Å²) in [5, 5.41) is 12.6. The van der Waals surface area contributed by atoms with Crippen molar-refractivity contribution < 1.29 is 4.79 Å². The Balaban J connectivity index is 1.83. The summed E-state index contributed by atoms with van der Waals surface area (Å²) in [5.41, 5.74) is 0.874. The van der Waals surface area contributed by atoms with Crippen LogP contribution in [0.2, 0.25) is 5.02 Å². The predicted octanol–water partition coefficient (Wildman–Crippen LogP) is 4.76. The molecule has 0 unspecified atom stereocenters. The molecule has 0 aliphatic rings. The van der Waals surface area contributed by atoms with Gasteiger partial charge < -0.3 is 5.32 Å². The fourth-order valence-corrected chi connectivity index (χ4v) is 3.90. The molecule has 1 aromatic carbocycles. The number of rotatable bonds is 5. The van der Waals surface area contributed by atoms with Crippen LogP contribution in [-0.4, -0.2) is 20.7 Å². The van der Waals surface area contributed by atoms with E-state index in [2.05, 4.69) is 15.5 Å². The molecule has 2 atom stereocenters. The van der Waals surface area contributed by atoms with E-state index >= 15 is 0 Å². The van der Waals surface area contributed by atoms with Gasteiger partial charge in [-0.05, 0) is 49.1 Å². The van der Waals surface area contributed by atoms with E-state index in [0.29, 0.717) is 15.6 Å². The summed E-state index contributed by atoms with van der Waals surface area (Å²) < 4.78 is 2.15. The van der Waals surface area contributed by atoms with Crippen LogP contribution >= 0.6 is 35.2 Å². The van der Waals surface area contributed by atoms with Crippen molar-refractivity contribution in [3.63, 3.8) is 0 Å². The normalized spacial score (nSPS) is 13.4. The molecule has 0 saturated carbocycles. The number of halogens is 1. The molecule has 130 valence electrons. The molecule has 2 heterocycles. The fourth-order valence-electron chi connectivity index (χ4n) is 2.60. The third-order valence-corrected chi connectivity index (χ3v) is 5.44. The summed E-state index contributed by atoms with van der Waals surface area (Å²) in [4.78, 5) is 13.7. The zero-order valence-electron chi connectivity index (χ0n) is 13.7. The van der Waals surface area contributed by atoms with E-state index in [9.17, 15) is 4.79 Å². The second-order valence-corrected chi connectivity index (χ2v) is 7.37. The Morgan fingerprint density at radius 3 is 2.76 bits per heavy atom. The summed E-state index contributed by atoms with van der Waals surface area (Å²) in [6.45, 7) is 3.71. The van der Waals surface area contributed by atoms with Gasteiger partial charge in [0.2, 0.25) is 5.91 Å². The Hall–Kier alpha value is -1.96. The number of nitrogens with one attached hydrogen (secondary N) is 2. The molecule has 0 spiro atoms. The van der Waals surface area contributed by atoms with Crippen molar-refractivity contribution in [3.8, 4) is 10.7 Å². The zero-order valence-corrected chi connectivity index (χ0v) is 16.1. The number of carbonyl (C=O) groups is 1. The summed E-state index contributed by atoms with van der Waals surface area (Å²) in [5.74, 6) is 0.510. The van der Waals surface area contributed by atoms with Gasteiger partial charge in [-0.2, -0.15) is 5.10 Å². The molecule has 0 fully saturated rings. The van der Waals surface area contributed by atoms with Crippen molar-refractivity contribution in [1.29, 1.82) is 0 Å². The van der Waals surface area contributed by atoms with Crippen LogP contribution in [0.25, 0.3) is 10.7 Å². The van der Waals surface area contributed by atoms with Crippen LogP contribution in [0, 0.1) is 4.77 Å². The summed E-state index contributed by atoms with van der Waals surface area (Å²) >= 11 is 13.1. The van der Waals surface area contributed by atoms with Gasteiger partial charge in [-0.15, -0.1) is 11.3 Å². The van der Waals surface area contributed by atoms with Crippen molar-refractivity contribution in [2.75, 3.05) is 0 Å². The standard InChI is InChI=1S/C17H17ClN4OS2/c1-10(12-6-3-4-7-13(12)18)19-16(23)11(2)22-15(20-21-17(22)24)14-8-5-9-25-14/h3-11H,1-2H3,(H,19,23)(H,21,24)/t10-,11+/m0/s1. The van der Waals surface area contributed by atoms with Crippen LogP contribution in [0.1, 0.15) is 31.5 Å². The van der Waals surface area contributed by atoms with E-state index in [1.807, 2.05) is 48.7 Å². The number of hydrogen-bond acceptors (Lipinski definition) is 4. The highest BCUT2D eigenvalue weighted by Crippen LogP contribution is 2.27. The SMILES string of the molecule is C[C@H](NC(=O)[C@@H](C)n1c(-c2cccs2)n[nH]c1=S)c1ccccc1Cl. The number of benzene rings is 1. The van der Waals surface area contributed by atoms with Crippen LogP contribution in [-0.2, 0) is 4.79 Å². The number of carbonyl (C=O) groups excluding carboxylic acids is 1. The van der Waals surface area contributed by atoms with Gasteiger partial charge in [0, 0.05) is 5.02 Å². The molecule has 3 aromatic rings. The van der Waals surface area contributed by atoms with Gasteiger partial charge in [0.15, 0.2) is 10.6 Å². The number of thiophene rings is 1. The van der Waals surface area contributed by atoms with Crippen LogP contribution in [0.4, 0.5) is 0 Å². The number of nitrogens with zero attached hydrogens (tertiary/aromatic N) is 2. The lowest BCUT2D eigenvalue weighted by Gasteiger charge is -2.20. The number of aromatic amines is 1. The Morgan fingerprint density at radius 1 is 1.32 bits per heavy atom. The Bertz CT molecular complexity index is 932. The average Bonchev–Trinajstić information content (AvgIpc) is 3.23. The number of hydrogen-bond donors (Lipinski definition) is 2. The van der Waals surface area contributed by atoms with Gasteiger partial charge in [-0.1, -0.05) is 35.9 Å². The molecule has 2 N–H and O–H groups in total. The molecule has 0 radical (unpaired) electrons. The van der Waals surface area contributed by atoms with Gasteiger partial charge >= 0.3 is 0 Å². The van der Waals surface area contributed by atoms with E-state index < -0.39 is 6.04 Å². The average molecular weight is 393 g/mol. The maximum Gasteiger partial charge on any atom is 0.243 e. The van der Waals surface area contributed by atoms with E-state index in [0.717, 1.165) is 10.4 Å². The number of aromatic nitrogens is 3. The second-order valence-electron chi connectivity index (χ2n) is 5.63. The lowest BCUT2D eigenvalue weighted by molar-refractivity contribution is -0.124. The molecule has 1 amide bonds. The predicted molar refractivity (Wildman–Crippen MR) is 103 cm³/mol. The highest BCUT2D eigenvalue weighted by molar-refractivity contribution is 7.71. The first kappa shape index (κ1) is 17.8. The monoisotopic (exact) mass is 392 g/mol. The zero-order chi connectivity index (χ0) is 18.0. The van der Waals surface area contributed by atoms with Crippen molar-refractivity contribution in [2.24, 2.45) is 0 Å². The van der Waals surface area contributed by atoms with Crippen LogP contribution in [0.5, 0.6) is 0 Å². The van der Waals surface area contributed by atoms with Gasteiger partial charge in [-0.3, -0.25) is 14.5 Å². The minimum absolute atomic E-state index is 0.150. The summed E-state index contributed by atoms with van der Waals surface area (Å²) in [6.07, 6.45) is 0. The third-order valence-electron chi connectivity index (χ3n) is 3.94. The largest absolute Gasteiger partial charge is 0.348 e. The number of H-pyrrole nitrogens is 1. The van der Waals surface area contributed by atoms with Crippen molar-refractivity contribution in [2.45, 2.75) is 25.9 Å². The van der Waals surface area contributed by atoms with Gasteiger partial charge in [-0.25, -0.2) is 0 Å². The van der Waals surface area contributed by atoms with Crippen LogP contribution in [0.3, 0.4) is 0 Å². The van der Waals surface area contributed by atoms with Crippen LogP contribution in [0.15, 0.2) is 41.8 Å². The van der Waals surface area contributed by atoms with E-state index in [1.54, 1.807) is 22.8 Å². The highest BCUT2D eigenvalue weighted by atomic mass is 35.5. The van der Waals surface area contributed by atoms with Crippen molar-refractivity contribution in [1.82, 2.24) is 20.1 Å². The molecule has 2 aromatic heterocycles. The number of amides is 1. The van der Waals surface area contributed by atoms with Crippen LogP contribution < -0.4 is 5.32 Å². The topological polar surface area (TPSA) is 62.7 Å². The smallest absolute Gasteiger partial charge is 0.243 e. The first-order valence-corrected chi connectivity index (χ1v) is 9.41. The summed E-state index contributed by atoms with van der Waals surface area (Å²) in [6, 6.07) is 10.6. The van der Waals surface area contributed by atoms with Gasteiger partial charge in [0.1, 0.15) is 6.04 Å². The minimum atomic E-state index is -0.506. The molecule has 8 heteroatoms. The molecule has 0 saturated heterocycles. The van der Waals surface area contributed by atoms with Crippen molar-refractivity contribution >= 4 is 41.1 Å². The second kappa shape index (κ2) is 7.51. The van der Waals surface area contributed by atoms with Gasteiger partial charge in [0.25, 0.3) is 0 Å².